The second-order valence-electron chi connectivity index (χ2n) is 4.34. The lowest BCUT2D eigenvalue weighted by atomic mass is 10.2. The van der Waals surface area contributed by atoms with Crippen molar-refractivity contribution in [1.29, 1.82) is 0 Å². The molecule has 18 heavy (non-hydrogen) atoms. The largest absolute Gasteiger partial charge is 0.390 e. The van der Waals surface area contributed by atoms with Gasteiger partial charge in [-0.2, -0.15) is 11.8 Å². The number of hydrogen-bond donors (Lipinski definition) is 2. The summed E-state index contributed by atoms with van der Waals surface area (Å²) in [7, 11) is 0. The first-order valence-electron chi connectivity index (χ1n) is 6.20. The highest BCUT2D eigenvalue weighted by Gasteiger charge is 2.10. The van der Waals surface area contributed by atoms with E-state index in [-0.39, 0.29) is 5.88 Å². The van der Waals surface area contributed by atoms with Gasteiger partial charge in [-0.3, -0.25) is 0 Å². The van der Waals surface area contributed by atoms with E-state index in [0.29, 0.717) is 6.54 Å². The average molecular weight is 287 g/mol. The van der Waals surface area contributed by atoms with E-state index in [2.05, 4.69) is 34.5 Å². The maximum absolute atomic E-state index is 9.37. The Bertz CT molecular complexity index is 355. The van der Waals surface area contributed by atoms with E-state index in [4.69, 9.17) is 11.6 Å². The van der Waals surface area contributed by atoms with Gasteiger partial charge in [0.25, 0.3) is 0 Å². The summed E-state index contributed by atoms with van der Waals surface area (Å²) < 4.78 is 0. The van der Waals surface area contributed by atoms with Crippen LogP contribution < -0.4 is 10.2 Å². The molecule has 0 saturated carbocycles. The van der Waals surface area contributed by atoms with E-state index in [0.717, 1.165) is 18.8 Å². The summed E-state index contributed by atoms with van der Waals surface area (Å²) in [6.45, 7) is 2.74. The lowest BCUT2D eigenvalue weighted by molar-refractivity contribution is 0.211. The van der Waals surface area contributed by atoms with Crippen molar-refractivity contribution in [1.82, 2.24) is 0 Å². The molecular weight excluding hydrogens is 268 g/mol. The Balaban J connectivity index is 1.88. The van der Waals surface area contributed by atoms with Gasteiger partial charge in [0.05, 0.1) is 12.0 Å². The molecule has 1 aromatic rings. The molecule has 0 amide bonds. The predicted molar refractivity (Wildman–Crippen MR) is 81.2 cm³/mol. The first-order chi connectivity index (χ1) is 8.79. The van der Waals surface area contributed by atoms with Gasteiger partial charge in [0.1, 0.15) is 0 Å². The quantitative estimate of drug-likeness (QED) is 0.814. The number of aliphatic hydroxyl groups is 1. The van der Waals surface area contributed by atoms with Gasteiger partial charge in [0, 0.05) is 42.5 Å². The molecule has 1 aliphatic rings. The lowest BCUT2D eigenvalue weighted by Crippen LogP contribution is -2.32. The number of rotatable bonds is 5. The van der Waals surface area contributed by atoms with E-state index in [1.807, 2.05) is 11.8 Å². The van der Waals surface area contributed by atoms with Gasteiger partial charge < -0.3 is 15.3 Å². The van der Waals surface area contributed by atoms with Crippen molar-refractivity contribution < 1.29 is 5.11 Å². The Hall–Kier alpha value is -0.580. The van der Waals surface area contributed by atoms with Crippen LogP contribution in [0.2, 0.25) is 0 Å². The fourth-order valence-corrected chi connectivity index (χ4v) is 2.91. The van der Waals surface area contributed by atoms with Gasteiger partial charge in [-0.25, -0.2) is 0 Å². The smallest absolute Gasteiger partial charge is 0.0847 e. The van der Waals surface area contributed by atoms with Crippen molar-refractivity contribution in [3.8, 4) is 0 Å². The number of halogens is 1. The SMILES string of the molecule is OC(CCl)CNc1ccc(N2CCSCC2)cc1. The van der Waals surface area contributed by atoms with Crippen molar-refractivity contribution >= 4 is 34.7 Å². The molecule has 1 aliphatic heterocycles. The van der Waals surface area contributed by atoms with Crippen molar-refractivity contribution in [2.24, 2.45) is 0 Å². The Kier molecular flexibility index (Phi) is 5.47. The fourth-order valence-electron chi connectivity index (χ4n) is 1.90. The lowest BCUT2D eigenvalue weighted by Gasteiger charge is -2.28. The van der Waals surface area contributed by atoms with E-state index >= 15 is 0 Å². The molecule has 0 radical (unpaired) electrons. The fraction of sp³-hybridized carbons (Fsp3) is 0.538. The number of benzene rings is 1. The zero-order valence-electron chi connectivity index (χ0n) is 10.3. The molecule has 5 heteroatoms. The van der Waals surface area contributed by atoms with Crippen LogP contribution in [0.5, 0.6) is 0 Å². The van der Waals surface area contributed by atoms with Gasteiger partial charge in [-0.1, -0.05) is 0 Å². The minimum Gasteiger partial charge on any atom is -0.390 e. The molecule has 100 valence electrons. The highest BCUT2D eigenvalue weighted by atomic mass is 35.5. The van der Waals surface area contributed by atoms with Crippen molar-refractivity contribution in [2.75, 3.05) is 47.2 Å². The normalized spacial score (nSPS) is 17.6. The van der Waals surface area contributed by atoms with Crippen molar-refractivity contribution in [3.05, 3.63) is 24.3 Å². The van der Waals surface area contributed by atoms with E-state index < -0.39 is 6.10 Å². The topological polar surface area (TPSA) is 35.5 Å². The van der Waals surface area contributed by atoms with Crippen LogP contribution in [0.15, 0.2) is 24.3 Å². The van der Waals surface area contributed by atoms with Crippen molar-refractivity contribution in [3.63, 3.8) is 0 Å². The summed E-state index contributed by atoms with van der Waals surface area (Å²) in [4.78, 5) is 2.41. The zero-order chi connectivity index (χ0) is 12.8. The average Bonchev–Trinajstić information content (AvgIpc) is 2.46. The van der Waals surface area contributed by atoms with Crippen LogP contribution >= 0.6 is 23.4 Å². The first-order valence-corrected chi connectivity index (χ1v) is 7.89. The Morgan fingerprint density at radius 3 is 2.56 bits per heavy atom. The highest BCUT2D eigenvalue weighted by molar-refractivity contribution is 7.99. The van der Waals surface area contributed by atoms with Crippen LogP contribution in [0, 0.1) is 0 Å². The number of thioether (sulfide) groups is 1. The molecular formula is C13H19ClN2OS. The number of nitrogens with zero attached hydrogens (tertiary/aromatic N) is 1. The Morgan fingerprint density at radius 1 is 1.28 bits per heavy atom. The van der Waals surface area contributed by atoms with Gasteiger partial charge in [0.15, 0.2) is 0 Å². The van der Waals surface area contributed by atoms with Gasteiger partial charge in [-0.15, -0.1) is 11.6 Å². The molecule has 1 unspecified atom stereocenters. The molecule has 2 N–H and O–H groups in total. The number of alkyl halides is 1. The molecule has 2 rings (SSSR count). The number of hydrogen-bond acceptors (Lipinski definition) is 4. The van der Waals surface area contributed by atoms with Gasteiger partial charge in [0.2, 0.25) is 0 Å². The van der Waals surface area contributed by atoms with Gasteiger partial charge >= 0.3 is 0 Å². The summed E-state index contributed by atoms with van der Waals surface area (Å²) in [6, 6.07) is 8.37. The molecule has 0 aliphatic carbocycles. The zero-order valence-corrected chi connectivity index (χ0v) is 11.9. The Morgan fingerprint density at radius 2 is 1.94 bits per heavy atom. The second kappa shape index (κ2) is 7.12. The van der Waals surface area contributed by atoms with Crippen LogP contribution in [0.3, 0.4) is 0 Å². The number of nitrogens with one attached hydrogen (secondary N) is 1. The first kappa shape index (κ1) is 13.8. The minimum atomic E-state index is -0.495. The predicted octanol–water partition coefficient (Wildman–Crippen LogP) is 2.25. The molecule has 1 atom stereocenters. The van der Waals surface area contributed by atoms with E-state index in [1.54, 1.807) is 0 Å². The standard InChI is InChI=1S/C13H19ClN2OS/c14-9-13(17)10-15-11-1-3-12(4-2-11)16-5-7-18-8-6-16/h1-4,13,15,17H,5-10H2. The van der Waals surface area contributed by atoms with Crippen LogP contribution in [0.4, 0.5) is 11.4 Å². The third kappa shape index (κ3) is 3.97. The molecule has 3 nitrogen and oxygen atoms in total. The third-order valence-electron chi connectivity index (χ3n) is 2.96. The molecule has 1 aromatic carbocycles. The summed E-state index contributed by atoms with van der Waals surface area (Å²) in [6.07, 6.45) is -0.495. The monoisotopic (exact) mass is 286 g/mol. The van der Waals surface area contributed by atoms with Crippen LogP contribution in [0.1, 0.15) is 0 Å². The maximum Gasteiger partial charge on any atom is 0.0847 e. The van der Waals surface area contributed by atoms with Crippen LogP contribution in [-0.2, 0) is 0 Å². The summed E-state index contributed by atoms with van der Waals surface area (Å²) in [5.41, 5.74) is 2.30. The number of anilines is 2. The Labute approximate surface area is 118 Å². The van der Waals surface area contributed by atoms with Crippen molar-refractivity contribution in [2.45, 2.75) is 6.10 Å². The van der Waals surface area contributed by atoms with E-state index in [1.165, 1.54) is 17.2 Å². The summed E-state index contributed by atoms with van der Waals surface area (Å²) in [5.74, 6) is 2.68. The highest BCUT2D eigenvalue weighted by Crippen LogP contribution is 2.21. The third-order valence-corrected chi connectivity index (χ3v) is 4.26. The number of aliphatic hydroxyl groups excluding tert-OH is 1. The minimum absolute atomic E-state index is 0.260. The molecule has 0 bridgehead atoms. The molecule has 0 aromatic heterocycles. The molecule has 0 spiro atoms. The molecule has 1 heterocycles. The van der Waals surface area contributed by atoms with Crippen LogP contribution in [0.25, 0.3) is 0 Å². The molecule has 1 saturated heterocycles. The van der Waals surface area contributed by atoms with E-state index in [9.17, 15) is 5.11 Å². The second-order valence-corrected chi connectivity index (χ2v) is 5.87. The summed E-state index contributed by atoms with van der Waals surface area (Å²) >= 11 is 7.56. The summed E-state index contributed by atoms with van der Waals surface area (Å²) in [5, 5.41) is 12.5. The van der Waals surface area contributed by atoms with Gasteiger partial charge in [-0.05, 0) is 24.3 Å². The maximum atomic E-state index is 9.37. The molecule has 1 fully saturated rings. The van der Waals surface area contributed by atoms with Crippen LogP contribution in [-0.4, -0.2) is 48.2 Å².